The Bertz CT molecular complexity index is 1280. The van der Waals surface area contributed by atoms with Gasteiger partial charge >= 0.3 is 0 Å². The first-order chi connectivity index (χ1) is 18.0. The van der Waals surface area contributed by atoms with Crippen LogP contribution in [0, 0.1) is 11.8 Å². The Morgan fingerprint density at radius 3 is 2.57 bits per heavy atom. The fourth-order valence-corrected chi connectivity index (χ4v) is 7.99. The second kappa shape index (κ2) is 10.4. The molecule has 0 bridgehead atoms. The summed E-state index contributed by atoms with van der Waals surface area (Å²) in [5.74, 6) is 1.39. The number of aliphatic hydroxyl groups is 1. The molecule has 2 aliphatic carbocycles. The largest absolute Gasteiger partial charge is 0.493 e. The van der Waals surface area contributed by atoms with Crippen molar-refractivity contribution in [3.8, 4) is 5.75 Å². The van der Waals surface area contributed by atoms with Crippen molar-refractivity contribution in [3.63, 3.8) is 0 Å². The average Bonchev–Trinajstić information content (AvgIpc) is 3.64. The minimum atomic E-state index is -3.81. The summed E-state index contributed by atoms with van der Waals surface area (Å²) < 4.78 is 41.6. The number of fused-ring (bicyclic) bond motifs is 1. The smallest absolute Gasteiger partial charge is 0.264 e. The summed E-state index contributed by atoms with van der Waals surface area (Å²) in [5.41, 5.74) is 5.05. The summed E-state index contributed by atoms with van der Waals surface area (Å²) in [7, 11) is -3.81. The molecule has 1 saturated carbocycles. The number of rotatable bonds is 8. The minimum absolute atomic E-state index is 0.0175. The summed E-state index contributed by atoms with van der Waals surface area (Å²) in [5, 5.41) is 10.1. The minimum Gasteiger partial charge on any atom is -0.493 e. The van der Waals surface area contributed by atoms with Crippen molar-refractivity contribution in [2.45, 2.75) is 75.3 Å². The van der Waals surface area contributed by atoms with Gasteiger partial charge in [0.05, 0.1) is 23.8 Å². The second-order valence-electron chi connectivity index (χ2n) is 11.0. The van der Waals surface area contributed by atoms with E-state index in [2.05, 4.69) is 18.2 Å². The Hall–Kier alpha value is -2.35. The van der Waals surface area contributed by atoms with Crippen molar-refractivity contribution in [1.29, 1.82) is 0 Å². The molecule has 6 rings (SSSR count). The molecule has 0 aromatic heterocycles. The Morgan fingerprint density at radius 2 is 1.84 bits per heavy atom. The van der Waals surface area contributed by atoms with Gasteiger partial charge in [0.25, 0.3) is 10.0 Å². The first-order valence-electron chi connectivity index (χ1n) is 13.9. The van der Waals surface area contributed by atoms with Crippen molar-refractivity contribution in [1.82, 2.24) is 0 Å². The number of hydrogen-bond donors (Lipinski definition) is 1. The maximum Gasteiger partial charge on any atom is 0.264 e. The molecule has 2 fully saturated rings. The first-order valence-corrected chi connectivity index (χ1v) is 15.3. The highest BCUT2D eigenvalue weighted by Crippen LogP contribution is 2.46. The third kappa shape index (κ3) is 5.06. The maximum atomic E-state index is 14.2. The quantitative estimate of drug-likeness (QED) is 0.497. The van der Waals surface area contributed by atoms with Crippen molar-refractivity contribution >= 4 is 21.3 Å². The molecule has 1 atom stereocenters. The predicted molar refractivity (Wildman–Crippen MR) is 144 cm³/mol. The molecule has 0 spiro atoms. The Morgan fingerprint density at radius 1 is 1.00 bits per heavy atom. The number of hydrogen-bond acceptors (Lipinski definition) is 5. The second-order valence-corrected chi connectivity index (χ2v) is 12.8. The molecule has 2 heterocycles. The summed E-state index contributed by atoms with van der Waals surface area (Å²) in [6.07, 6.45) is 11.6. The van der Waals surface area contributed by atoms with E-state index in [1.54, 1.807) is 22.5 Å². The zero-order valence-electron chi connectivity index (χ0n) is 21.4. The van der Waals surface area contributed by atoms with Crippen LogP contribution in [0.2, 0.25) is 0 Å². The molecular formula is C30H37NO5S. The van der Waals surface area contributed by atoms with E-state index < -0.39 is 10.0 Å². The molecule has 0 radical (unpaired) electrons. The standard InChI is InChI=1S/C30H37NO5S/c32-19-26-18-27(9-12-30(26)36-20-21-13-15-35-16-14-21)37(33,34)31-28(23-5-6-23)11-8-25-17-24(7-10-29(25)31)22-3-1-2-4-22/h3,7,9-10,12,17-18,21,23,28,32H,1-2,4-6,8,11,13-16,19-20H2. The zero-order valence-corrected chi connectivity index (χ0v) is 22.2. The van der Waals surface area contributed by atoms with E-state index in [9.17, 15) is 13.5 Å². The lowest BCUT2D eigenvalue weighted by atomic mass is 9.92. The Labute approximate surface area is 220 Å². The van der Waals surface area contributed by atoms with E-state index in [0.717, 1.165) is 75.8 Å². The van der Waals surface area contributed by atoms with Gasteiger partial charge in [0, 0.05) is 24.8 Å². The van der Waals surface area contributed by atoms with Crippen LogP contribution >= 0.6 is 0 Å². The Kier molecular flexibility index (Phi) is 7.03. The maximum absolute atomic E-state index is 14.2. The lowest BCUT2D eigenvalue weighted by Crippen LogP contribution is -2.45. The fourth-order valence-electron chi connectivity index (χ4n) is 6.16. The summed E-state index contributed by atoms with van der Waals surface area (Å²) in [6.45, 7) is 1.77. The summed E-state index contributed by atoms with van der Waals surface area (Å²) in [6, 6.07) is 11.3. The van der Waals surface area contributed by atoms with Gasteiger partial charge in [-0.2, -0.15) is 0 Å². The average molecular weight is 524 g/mol. The lowest BCUT2D eigenvalue weighted by Gasteiger charge is -2.38. The van der Waals surface area contributed by atoms with Gasteiger partial charge in [0.15, 0.2) is 0 Å². The third-order valence-electron chi connectivity index (χ3n) is 8.48. The molecule has 37 heavy (non-hydrogen) atoms. The number of aliphatic hydroxyl groups excluding tert-OH is 1. The third-order valence-corrected chi connectivity index (χ3v) is 10.3. The van der Waals surface area contributed by atoms with E-state index >= 15 is 0 Å². The highest BCUT2D eigenvalue weighted by Gasteiger charge is 2.44. The van der Waals surface area contributed by atoms with Crippen molar-refractivity contribution in [2.75, 3.05) is 24.1 Å². The highest BCUT2D eigenvalue weighted by molar-refractivity contribution is 7.92. The summed E-state index contributed by atoms with van der Waals surface area (Å²) >= 11 is 0. The van der Waals surface area contributed by atoms with Gasteiger partial charge < -0.3 is 14.6 Å². The molecule has 1 saturated heterocycles. The van der Waals surface area contributed by atoms with E-state index in [0.29, 0.717) is 29.8 Å². The molecular weight excluding hydrogens is 486 g/mol. The number of benzene rings is 2. The molecule has 0 amide bonds. The normalized spacial score (nSPS) is 22.6. The number of ether oxygens (including phenoxy) is 2. The Balaban J connectivity index is 1.30. The van der Waals surface area contributed by atoms with Crippen molar-refractivity contribution in [3.05, 3.63) is 59.2 Å². The molecule has 2 aromatic rings. The number of allylic oxidation sites excluding steroid dienone is 2. The zero-order chi connectivity index (χ0) is 25.4. The van der Waals surface area contributed by atoms with Crippen LogP contribution in [0.4, 0.5) is 5.69 Å². The van der Waals surface area contributed by atoms with Crippen LogP contribution in [0.25, 0.3) is 5.57 Å². The highest BCUT2D eigenvalue weighted by atomic mass is 32.2. The summed E-state index contributed by atoms with van der Waals surface area (Å²) in [4.78, 5) is 0.219. The van der Waals surface area contributed by atoms with Gasteiger partial charge in [-0.1, -0.05) is 12.1 Å². The predicted octanol–water partition coefficient (Wildman–Crippen LogP) is 5.47. The number of sulfonamides is 1. The molecule has 1 N–H and O–H groups in total. The molecule has 1 unspecified atom stereocenters. The van der Waals surface area contributed by atoms with E-state index in [1.165, 1.54) is 17.6 Å². The van der Waals surface area contributed by atoms with Crippen LogP contribution in [0.3, 0.4) is 0 Å². The fraction of sp³-hybridized carbons (Fsp3) is 0.533. The number of anilines is 1. The van der Waals surface area contributed by atoms with Gasteiger partial charge in [0.1, 0.15) is 5.75 Å². The van der Waals surface area contributed by atoms with Gasteiger partial charge in [-0.15, -0.1) is 0 Å². The van der Waals surface area contributed by atoms with E-state index in [1.807, 2.05) is 6.07 Å². The van der Waals surface area contributed by atoms with Crippen LogP contribution < -0.4 is 9.04 Å². The SMILES string of the molecule is O=S(=O)(c1ccc(OCC2CCOCC2)c(CO)c1)N1c2ccc(C3=CCCC3)cc2CCC1C1CC1. The van der Waals surface area contributed by atoms with E-state index in [-0.39, 0.29) is 17.5 Å². The van der Waals surface area contributed by atoms with Gasteiger partial charge in [-0.3, -0.25) is 4.31 Å². The van der Waals surface area contributed by atoms with Gasteiger partial charge in [-0.25, -0.2) is 8.42 Å². The molecule has 6 nitrogen and oxygen atoms in total. The number of nitrogens with zero attached hydrogens (tertiary/aromatic N) is 1. The van der Waals surface area contributed by atoms with Crippen molar-refractivity contribution < 1.29 is 23.0 Å². The lowest BCUT2D eigenvalue weighted by molar-refractivity contribution is 0.0494. The van der Waals surface area contributed by atoms with Crippen LogP contribution in [-0.2, 0) is 27.8 Å². The molecule has 2 aliphatic heterocycles. The number of aryl methyl sites for hydroxylation is 1. The molecule has 2 aromatic carbocycles. The molecule has 7 heteroatoms. The molecule has 4 aliphatic rings. The van der Waals surface area contributed by atoms with Gasteiger partial charge in [-0.05, 0) is 117 Å². The van der Waals surface area contributed by atoms with Crippen LogP contribution in [-0.4, -0.2) is 39.4 Å². The van der Waals surface area contributed by atoms with E-state index in [4.69, 9.17) is 9.47 Å². The van der Waals surface area contributed by atoms with Gasteiger partial charge in [0.2, 0.25) is 0 Å². The molecule has 198 valence electrons. The first kappa shape index (κ1) is 25.0. The van der Waals surface area contributed by atoms with Crippen LogP contribution in [0.1, 0.15) is 68.1 Å². The topological polar surface area (TPSA) is 76.1 Å². The van der Waals surface area contributed by atoms with Crippen molar-refractivity contribution in [2.24, 2.45) is 11.8 Å². The van der Waals surface area contributed by atoms with Crippen LogP contribution in [0.15, 0.2) is 47.4 Å². The van der Waals surface area contributed by atoms with Crippen LogP contribution in [0.5, 0.6) is 5.75 Å². The monoisotopic (exact) mass is 523 g/mol.